The molecule has 1 unspecified atom stereocenters. The van der Waals surface area contributed by atoms with Crippen molar-refractivity contribution in [1.29, 1.82) is 0 Å². The van der Waals surface area contributed by atoms with Crippen LogP contribution >= 0.6 is 0 Å². The molecule has 1 atom stereocenters. The van der Waals surface area contributed by atoms with Crippen LogP contribution in [0.2, 0.25) is 0 Å². The molecule has 0 aromatic carbocycles. The molecule has 3 heteroatoms. The molecular weight excluding hydrogens is 202 g/mol. The summed E-state index contributed by atoms with van der Waals surface area (Å²) in [6.07, 6.45) is 2.36. The minimum Gasteiger partial charge on any atom is -0.481 e. The molecule has 0 saturated heterocycles. The Hall–Kier alpha value is -0.570. The third-order valence-corrected chi connectivity index (χ3v) is 2.95. The summed E-state index contributed by atoms with van der Waals surface area (Å²) in [5.41, 5.74) is 0. The lowest BCUT2D eigenvalue weighted by atomic mass is 9.95. The first-order valence-electron chi connectivity index (χ1n) is 6.26. The molecule has 0 bridgehead atoms. The van der Waals surface area contributed by atoms with E-state index in [4.69, 9.17) is 5.11 Å². The maximum atomic E-state index is 11.0. The first-order valence-corrected chi connectivity index (χ1v) is 6.26. The fraction of sp³-hybridized carbons (Fsp3) is 0.923. The smallest absolute Gasteiger partial charge is 0.308 e. The van der Waals surface area contributed by atoms with E-state index in [9.17, 15) is 4.79 Å². The highest BCUT2D eigenvalue weighted by molar-refractivity contribution is 5.70. The quantitative estimate of drug-likeness (QED) is 0.695. The molecule has 16 heavy (non-hydrogen) atoms. The van der Waals surface area contributed by atoms with Crippen molar-refractivity contribution in [3.63, 3.8) is 0 Å². The number of hydrogen-bond acceptors (Lipinski definition) is 2. The summed E-state index contributed by atoms with van der Waals surface area (Å²) in [5, 5.41) is 9.08. The van der Waals surface area contributed by atoms with Crippen molar-refractivity contribution in [1.82, 2.24) is 4.90 Å². The van der Waals surface area contributed by atoms with Gasteiger partial charge in [0.2, 0.25) is 0 Å². The monoisotopic (exact) mass is 229 g/mol. The maximum Gasteiger partial charge on any atom is 0.308 e. The van der Waals surface area contributed by atoms with Gasteiger partial charge in [-0.25, -0.2) is 0 Å². The van der Waals surface area contributed by atoms with Gasteiger partial charge in [0.05, 0.1) is 5.92 Å². The van der Waals surface area contributed by atoms with Gasteiger partial charge in [-0.3, -0.25) is 4.79 Å². The highest BCUT2D eigenvalue weighted by Gasteiger charge is 2.22. The molecule has 3 nitrogen and oxygen atoms in total. The van der Waals surface area contributed by atoms with E-state index in [0.717, 1.165) is 18.9 Å². The number of carboxylic acids is 1. The summed E-state index contributed by atoms with van der Waals surface area (Å²) in [6, 6.07) is 0. The topological polar surface area (TPSA) is 40.5 Å². The van der Waals surface area contributed by atoms with E-state index < -0.39 is 5.97 Å². The van der Waals surface area contributed by atoms with Crippen LogP contribution in [-0.2, 0) is 4.79 Å². The normalized spacial score (nSPS) is 13.8. The Kier molecular flexibility index (Phi) is 7.39. The Morgan fingerprint density at radius 3 is 2.19 bits per heavy atom. The largest absolute Gasteiger partial charge is 0.481 e. The standard InChI is InChI=1S/C13H27NO2/c1-10(2)7-6-8-14(5)9-12(11(3)4)13(15)16/h10-12H,6-9H2,1-5H3,(H,15,16). The Balaban J connectivity index is 3.91. The molecule has 0 radical (unpaired) electrons. The number of aliphatic carboxylic acids is 1. The molecule has 0 fully saturated rings. The molecule has 0 aromatic rings. The SMILES string of the molecule is CC(C)CCCN(C)CC(C(=O)O)C(C)C. The molecule has 96 valence electrons. The van der Waals surface area contributed by atoms with Gasteiger partial charge < -0.3 is 10.0 Å². The third kappa shape index (κ3) is 6.83. The number of carbonyl (C=O) groups is 1. The van der Waals surface area contributed by atoms with Crippen LogP contribution in [0.1, 0.15) is 40.5 Å². The van der Waals surface area contributed by atoms with Gasteiger partial charge in [-0.2, -0.15) is 0 Å². The van der Waals surface area contributed by atoms with Crippen molar-refractivity contribution in [3.8, 4) is 0 Å². The molecule has 0 heterocycles. The van der Waals surface area contributed by atoms with Gasteiger partial charge in [0.25, 0.3) is 0 Å². The molecular formula is C13H27NO2. The molecule has 0 spiro atoms. The van der Waals surface area contributed by atoms with E-state index in [0.29, 0.717) is 6.54 Å². The average molecular weight is 229 g/mol. The van der Waals surface area contributed by atoms with Gasteiger partial charge in [-0.15, -0.1) is 0 Å². The van der Waals surface area contributed by atoms with Gasteiger partial charge in [-0.05, 0) is 38.3 Å². The van der Waals surface area contributed by atoms with E-state index in [1.165, 1.54) is 6.42 Å². The van der Waals surface area contributed by atoms with E-state index in [1.54, 1.807) is 0 Å². The van der Waals surface area contributed by atoms with Crippen LogP contribution in [0.15, 0.2) is 0 Å². The molecule has 0 aliphatic heterocycles. The zero-order valence-electron chi connectivity index (χ0n) is 11.4. The van der Waals surface area contributed by atoms with Crippen LogP contribution in [0.4, 0.5) is 0 Å². The first kappa shape index (κ1) is 15.4. The van der Waals surface area contributed by atoms with Crippen molar-refractivity contribution in [2.75, 3.05) is 20.1 Å². The summed E-state index contributed by atoms with van der Waals surface area (Å²) >= 11 is 0. The summed E-state index contributed by atoms with van der Waals surface area (Å²) in [4.78, 5) is 13.2. The highest BCUT2D eigenvalue weighted by atomic mass is 16.4. The van der Waals surface area contributed by atoms with E-state index in [-0.39, 0.29) is 11.8 Å². The lowest BCUT2D eigenvalue weighted by molar-refractivity contribution is -0.143. The van der Waals surface area contributed by atoms with Crippen molar-refractivity contribution < 1.29 is 9.90 Å². The second kappa shape index (κ2) is 7.66. The number of rotatable bonds is 8. The summed E-state index contributed by atoms with van der Waals surface area (Å²) in [6.45, 7) is 10.0. The molecule has 1 N–H and O–H groups in total. The molecule has 0 saturated carbocycles. The fourth-order valence-electron chi connectivity index (χ4n) is 1.77. The van der Waals surface area contributed by atoms with Gasteiger partial charge >= 0.3 is 5.97 Å². The molecule has 0 amide bonds. The zero-order valence-corrected chi connectivity index (χ0v) is 11.4. The second-order valence-electron chi connectivity index (χ2n) is 5.49. The average Bonchev–Trinajstić information content (AvgIpc) is 2.12. The Morgan fingerprint density at radius 1 is 1.25 bits per heavy atom. The summed E-state index contributed by atoms with van der Waals surface area (Å²) in [7, 11) is 2.01. The third-order valence-electron chi connectivity index (χ3n) is 2.95. The lowest BCUT2D eigenvalue weighted by Gasteiger charge is -2.23. The van der Waals surface area contributed by atoms with E-state index >= 15 is 0 Å². The molecule has 0 aliphatic carbocycles. The van der Waals surface area contributed by atoms with Crippen molar-refractivity contribution in [2.45, 2.75) is 40.5 Å². The van der Waals surface area contributed by atoms with E-state index in [1.807, 2.05) is 20.9 Å². The predicted octanol–water partition coefficient (Wildman–Crippen LogP) is 2.71. The maximum absolute atomic E-state index is 11.0. The Morgan fingerprint density at radius 2 is 1.81 bits per heavy atom. The minimum atomic E-state index is -0.675. The second-order valence-corrected chi connectivity index (χ2v) is 5.49. The predicted molar refractivity (Wildman–Crippen MR) is 67.5 cm³/mol. The Labute approximate surface area is 99.8 Å². The number of carboxylic acid groups (broad SMARTS) is 1. The summed E-state index contributed by atoms with van der Waals surface area (Å²) in [5.74, 6) is 0.00794. The highest BCUT2D eigenvalue weighted by Crippen LogP contribution is 2.13. The Bertz CT molecular complexity index is 202. The van der Waals surface area contributed by atoms with E-state index in [2.05, 4.69) is 18.7 Å². The first-order chi connectivity index (χ1) is 7.34. The van der Waals surface area contributed by atoms with Gasteiger partial charge in [0.15, 0.2) is 0 Å². The van der Waals surface area contributed by atoms with Crippen LogP contribution in [0.5, 0.6) is 0 Å². The van der Waals surface area contributed by atoms with Crippen molar-refractivity contribution in [3.05, 3.63) is 0 Å². The zero-order chi connectivity index (χ0) is 12.7. The van der Waals surface area contributed by atoms with Crippen molar-refractivity contribution >= 4 is 5.97 Å². The number of nitrogens with zero attached hydrogens (tertiary/aromatic N) is 1. The van der Waals surface area contributed by atoms with Crippen LogP contribution in [0, 0.1) is 17.8 Å². The molecule has 0 aliphatic rings. The van der Waals surface area contributed by atoms with Crippen LogP contribution in [0.25, 0.3) is 0 Å². The van der Waals surface area contributed by atoms with Crippen molar-refractivity contribution in [2.24, 2.45) is 17.8 Å². The van der Waals surface area contributed by atoms with Crippen LogP contribution < -0.4 is 0 Å². The van der Waals surface area contributed by atoms with Gasteiger partial charge in [-0.1, -0.05) is 27.7 Å². The summed E-state index contributed by atoms with van der Waals surface area (Å²) < 4.78 is 0. The fourth-order valence-corrected chi connectivity index (χ4v) is 1.77. The van der Waals surface area contributed by atoms with Crippen LogP contribution in [-0.4, -0.2) is 36.1 Å². The molecule has 0 aromatic heterocycles. The van der Waals surface area contributed by atoms with Gasteiger partial charge in [0.1, 0.15) is 0 Å². The molecule has 0 rings (SSSR count). The lowest BCUT2D eigenvalue weighted by Crippen LogP contribution is -2.34. The number of hydrogen-bond donors (Lipinski definition) is 1. The van der Waals surface area contributed by atoms with Gasteiger partial charge in [0, 0.05) is 6.54 Å². The van der Waals surface area contributed by atoms with Crippen LogP contribution in [0.3, 0.4) is 0 Å². The minimum absolute atomic E-state index is 0.199.